The molecule has 0 aliphatic rings. The van der Waals surface area contributed by atoms with Gasteiger partial charge >= 0.3 is 0 Å². The van der Waals surface area contributed by atoms with E-state index in [0.717, 1.165) is 29.2 Å². The second kappa shape index (κ2) is 7.74. The Morgan fingerprint density at radius 3 is 2.09 bits per heavy atom. The van der Waals surface area contributed by atoms with Gasteiger partial charge in [-0.1, -0.05) is 32.0 Å². The van der Waals surface area contributed by atoms with Crippen LogP contribution in [0.15, 0.2) is 42.5 Å². The molecule has 2 N–H and O–H groups in total. The molecule has 0 atom stereocenters. The van der Waals surface area contributed by atoms with E-state index in [2.05, 4.69) is 26.0 Å². The Labute approximate surface area is 133 Å². The van der Waals surface area contributed by atoms with Crippen molar-refractivity contribution >= 4 is 5.69 Å². The van der Waals surface area contributed by atoms with Crippen molar-refractivity contribution in [2.75, 3.05) is 18.9 Å². The van der Waals surface area contributed by atoms with Crippen LogP contribution in [0.2, 0.25) is 0 Å². The van der Waals surface area contributed by atoms with Gasteiger partial charge in [0.05, 0.1) is 13.2 Å². The first-order valence-electron chi connectivity index (χ1n) is 7.78. The van der Waals surface area contributed by atoms with Crippen LogP contribution in [-0.2, 0) is 0 Å². The Hall–Kier alpha value is -2.16. The highest BCUT2D eigenvalue weighted by molar-refractivity contribution is 5.50. The summed E-state index contributed by atoms with van der Waals surface area (Å²) in [6.45, 7) is 7.61. The zero-order valence-electron chi connectivity index (χ0n) is 13.6. The van der Waals surface area contributed by atoms with Crippen molar-refractivity contribution in [3.8, 4) is 11.5 Å². The highest BCUT2D eigenvalue weighted by Crippen LogP contribution is 2.20. The van der Waals surface area contributed by atoms with Gasteiger partial charge in [-0.05, 0) is 42.2 Å². The second-order valence-electron chi connectivity index (χ2n) is 5.79. The summed E-state index contributed by atoms with van der Waals surface area (Å²) in [5.41, 5.74) is 9.02. The predicted octanol–water partition coefficient (Wildman–Crippen LogP) is 4.55. The summed E-state index contributed by atoms with van der Waals surface area (Å²) in [4.78, 5) is 0. The molecule has 2 aromatic rings. The lowest BCUT2D eigenvalue weighted by Crippen LogP contribution is -2.05. The number of benzene rings is 2. The van der Waals surface area contributed by atoms with Crippen LogP contribution in [0.1, 0.15) is 37.3 Å². The number of hydrogen-bond donors (Lipinski definition) is 1. The molecule has 0 amide bonds. The van der Waals surface area contributed by atoms with Gasteiger partial charge in [0.2, 0.25) is 0 Å². The molecule has 0 bridgehead atoms. The van der Waals surface area contributed by atoms with Gasteiger partial charge in [0.15, 0.2) is 0 Å². The Morgan fingerprint density at radius 1 is 0.909 bits per heavy atom. The van der Waals surface area contributed by atoms with Crippen molar-refractivity contribution in [2.45, 2.75) is 33.1 Å². The van der Waals surface area contributed by atoms with Gasteiger partial charge in [0.25, 0.3) is 0 Å². The first kappa shape index (κ1) is 16.2. The molecule has 0 saturated carbocycles. The molecule has 3 nitrogen and oxygen atoms in total. The first-order valence-corrected chi connectivity index (χ1v) is 7.78. The quantitative estimate of drug-likeness (QED) is 0.602. The smallest absolute Gasteiger partial charge is 0.121 e. The SMILES string of the molecule is Cc1ccc(OCCCOc2ccc(C(C)C)cc2)cc1N. The van der Waals surface area contributed by atoms with E-state index in [4.69, 9.17) is 15.2 Å². The van der Waals surface area contributed by atoms with E-state index in [1.165, 1.54) is 5.56 Å². The third kappa shape index (κ3) is 4.69. The average molecular weight is 299 g/mol. The average Bonchev–Trinajstić information content (AvgIpc) is 2.51. The van der Waals surface area contributed by atoms with Crippen molar-refractivity contribution in [3.05, 3.63) is 53.6 Å². The molecular weight excluding hydrogens is 274 g/mol. The van der Waals surface area contributed by atoms with E-state index < -0.39 is 0 Å². The molecule has 3 heteroatoms. The summed E-state index contributed by atoms with van der Waals surface area (Å²) in [6, 6.07) is 14.1. The van der Waals surface area contributed by atoms with E-state index in [1.54, 1.807) is 0 Å². The van der Waals surface area contributed by atoms with Gasteiger partial charge in [-0.2, -0.15) is 0 Å². The molecule has 0 spiro atoms. The number of nitrogens with two attached hydrogens (primary N) is 1. The third-order valence-corrected chi connectivity index (χ3v) is 3.62. The summed E-state index contributed by atoms with van der Waals surface area (Å²) < 4.78 is 11.4. The number of hydrogen-bond acceptors (Lipinski definition) is 3. The summed E-state index contributed by atoms with van der Waals surface area (Å²) in [7, 11) is 0. The molecule has 0 radical (unpaired) electrons. The Kier molecular flexibility index (Phi) is 5.70. The van der Waals surface area contributed by atoms with Crippen molar-refractivity contribution in [1.29, 1.82) is 0 Å². The third-order valence-electron chi connectivity index (χ3n) is 3.62. The highest BCUT2D eigenvalue weighted by atomic mass is 16.5. The summed E-state index contributed by atoms with van der Waals surface area (Å²) in [5, 5.41) is 0. The maximum atomic E-state index is 5.86. The van der Waals surface area contributed by atoms with Gasteiger partial charge in [0, 0.05) is 18.2 Å². The van der Waals surface area contributed by atoms with Crippen LogP contribution in [-0.4, -0.2) is 13.2 Å². The standard InChI is InChI=1S/C19H25NO2/c1-14(2)16-6-9-17(10-7-16)21-11-4-12-22-18-8-5-15(3)19(20)13-18/h5-10,13-14H,4,11-12,20H2,1-3H3. The van der Waals surface area contributed by atoms with Crippen molar-refractivity contribution in [1.82, 2.24) is 0 Å². The molecule has 2 aromatic carbocycles. The largest absolute Gasteiger partial charge is 0.493 e. The summed E-state index contributed by atoms with van der Waals surface area (Å²) in [5.74, 6) is 2.26. The topological polar surface area (TPSA) is 44.5 Å². The molecule has 0 unspecified atom stereocenters. The van der Waals surface area contributed by atoms with Crippen LogP contribution in [0.5, 0.6) is 11.5 Å². The van der Waals surface area contributed by atoms with Gasteiger partial charge in [0.1, 0.15) is 11.5 Å². The highest BCUT2D eigenvalue weighted by Gasteiger charge is 2.00. The molecule has 118 valence electrons. The molecular formula is C19H25NO2. The van der Waals surface area contributed by atoms with Gasteiger partial charge in [-0.3, -0.25) is 0 Å². The van der Waals surface area contributed by atoms with Crippen LogP contribution in [0.4, 0.5) is 5.69 Å². The lowest BCUT2D eigenvalue weighted by molar-refractivity contribution is 0.247. The number of ether oxygens (including phenoxy) is 2. The molecule has 0 aliphatic heterocycles. The van der Waals surface area contributed by atoms with Crippen LogP contribution < -0.4 is 15.2 Å². The fourth-order valence-electron chi connectivity index (χ4n) is 2.10. The molecule has 0 heterocycles. The monoisotopic (exact) mass is 299 g/mol. The lowest BCUT2D eigenvalue weighted by atomic mass is 10.0. The molecule has 0 aliphatic carbocycles. The van der Waals surface area contributed by atoms with Crippen molar-refractivity contribution in [2.24, 2.45) is 0 Å². The van der Waals surface area contributed by atoms with E-state index in [-0.39, 0.29) is 0 Å². The maximum Gasteiger partial charge on any atom is 0.121 e. The van der Waals surface area contributed by atoms with Crippen molar-refractivity contribution < 1.29 is 9.47 Å². The molecule has 2 rings (SSSR count). The molecule has 22 heavy (non-hydrogen) atoms. The Balaban J connectivity index is 1.69. The fourth-order valence-corrected chi connectivity index (χ4v) is 2.10. The Morgan fingerprint density at radius 2 is 1.50 bits per heavy atom. The maximum absolute atomic E-state index is 5.86. The number of aryl methyl sites for hydroxylation is 1. The van der Waals surface area contributed by atoms with Crippen LogP contribution in [0.25, 0.3) is 0 Å². The molecule has 0 aromatic heterocycles. The Bertz CT molecular complexity index is 591. The van der Waals surface area contributed by atoms with Crippen LogP contribution in [0, 0.1) is 6.92 Å². The fraction of sp³-hybridized carbons (Fsp3) is 0.368. The van der Waals surface area contributed by atoms with E-state index in [9.17, 15) is 0 Å². The summed E-state index contributed by atoms with van der Waals surface area (Å²) >= 11 is 0. The van der Waals surface area contributed by atoms with E-state index in [1.807, 2.05) is 37.3 Å². The second-order valence-corrected chi connectivity index (χ2v) is 5.79. The number of rotatable bonds is 7. The minimum absolute atomic E-state index is 0.546. The van der Waals surface area contributed by atoms with E-state index >= 15 is 0 Å². The predicted molar refractivity (Wildman–Crippen MR) is 91.7 cm³/mol. The minimum atomic E-state index is 0.546. The van der Waals surface area contributed by atoms with Gasteiger partial charge < -0.3 is 15.2 Å². The first-order chi connectivity index (χ1) is 10.6. The van der Waals surface area contributed by atoms with E-state index in [0.29, 0.717) is 19.1 Å². The molecule has 0 fully saturated rings. The zero-order chi connectivity index (χ0) is 15.9. The zero-order valence-corrected chi connectivity index (χ0v) is 13.6. The van der Waals surface area contributed by atoms with Gasteiger partial charge in [-0.25, -0.2) is 0 Å². The minimum Gasteiger partial charge on any atom is -0.493 e. The lowest BCUT2D eigenvalue weighted by Gasteiger charge is -2.10. The number of nitrogen functional groups attached to an aromatic ring is 1. The van der Waals surface area contributed by atoms with Gasteiger partial charge in [-0.15, -0.1) is 0 Å². The van der Waals surface area contributed by atoms with Crippen LogP contribution >= 0.6 is 0 Å². The number of anilines is 1. The normalized spacial score (nSPS) is 10.7. The van der Waals surface area contributed by atoms with Crippen molar-refractivity contribution in [3.63, 3.8) is 0 Å². The molecule has 0 saturated heterocycles. The van der Waals surface area contributed by atoms with Crippen LogP contribution in [0.3, 0.4) is 0 Å². The summed E-state index contributed by atoms with van der Waals surface area (Å²) in [6.07, 6.45) is 0.833.